The number of alkyl carbamates (subject to hydrolysis) is 1. The molecular weight excluding hydrogens is 272 g/mol. The van der Waals surface area contributed by atoms with Gasteiger partial charge in [-0.15, -0.1) is 11.3 Å². The third-order valence-corrected chi connectivity index (χ3v) is 3.72. The lowest BCUT2D eigenvalue weighted by atomic mass is 10.0. The van der Waals surface area contributed by atoms with Gasteiger partial charge in [-0.05, 0) is 18.4 Å². The molecule has 0 saturated carbocycles. The largest absolute Gasteiger partial charge is 0.444 e. The first kappa shape index (κ1) is 14.5. The molecule has 0 radical (unpaired) electrons. The molecule has 1 N–H and O–H groups in total. The highest BCUT2D eigenvalue weighted by Gasteiger charge is 2.12. The maximum absolute atomic E-state index is 11.7. The molecule has 0 aliphatic carbocycles. The summed E-state index contributed by atoms with van der Waals surface area (Å²) in [4.78, 5) is 16.6. The summed E-state index contributed by atoms with van der Waals surface area (Å²) >= 11 is 1.48. The first-order valence-corrected chi connectivity index (χ1v) is 7.50. The lowest BCUT2D eigenvalue weighted by molar-refractivity contribution is 0.136. The van der Waals surface area contributed by atoms with Crippen LogP contribution in [0.2, 0.25) is 0 Å². The summed E-state index contributed by atoms with van der Waals surface area (Å²) < 4.78 is 5.18. The van der Waals surface area contributed by atoms with Gasteiger partial charge in [-0.3, -0.25) is 4.98 Å². The van der Waals surface area contributed by atoms with E-state index in [1.54, 1.807) is 11.7 Å². The molecule has 1 atom stereocenters. The third kappa shape index (κ3) is 4.66. The number of amides is 1. The van der Waals surface area contributed by atoms with E-state index in [0.29, 0.717) is 0 Å². The molecule has 2 aromatic rings. The van der Waals surface area contributed by atoms with Crippen LogP contribution >= 0.6 is 11.3 Å². The van der Waals surface area contributed by atoms with Crippen molar-refractivity contribution in [3.05, 3.63) is 52.5 Å². The molecule has 0 aliphatic heterocycles. The Bertz CT molecular complexity index is 514. The van der Waals surface area contributed by atoms with Crippen LogP contribution in [0.5, 0.6) is 0 Å². The van der Waals surface area contributed by atoms with Crippen molar-refractivity contribution in [1.82, 2.24) is 10.3 Å². The van der Waals surface area contributed by atoms with Crippen LogP contribution in [0.25, 0.3) is 0 Å². The Morgan fingerprint density at radius 2 is 2.20 bits per heavy atom. The molecule has 0 bridgehead atoms. The SMILES string of the molecule is CCC(Cc1ccccc1)NC(=O)OCc1cncs1. The maximum Gasteiger partial charge on any atom is 0.407 e. The number of thiazole rings is 1. The first-order chi connectivity index (χ1) is 9.78. The van der Waals surface area contributed by atoms with Crippen LogP contribution < -0.4 is 5.32 Å². The second-order valence-electron chi connectivity index (χ2n) is 4.48. The molecule has 1 unspecified atom stereocenters. The van der Waals surface area contributed by atoms with Crippen molar-refractivity contribution in [2.45, 2.75) is 32.4 Å². The summed E-state index contributed by atoms with van der Waals surface area (Å²) in [6.07, 6.45) is 3.01. The number of nitrogens with zero attached hydrogens (tertiary/aromatic N) is 1. The number of benzene rings is 1. The Morgan fingerprint density at radius 1 is 1.40 bits per heavy atom. The first-order valence-electron chi connectivity index (χ1n) is 6.62. The number of ether oxygens (including phenoxy) is 1. The summed E-state index contributed by atoms with van der Waals surface area (Å²) in [5.41, 5.74) is 2.93. The van der Waals surface area contributed by atoms with Gasteiger partial charge < -0.3 is 10.1 Å². The number of nitrogens with one attached hydrogen (secondary N) is 1. The van der Waals surface area contributed by atoms with E-state index in [1.807, 2.05) is 18.2 Å². The van der Waals surface area contributed by atoms with E-state index in [0.717, 1.165) is 17.7 Å². The van der Waals surface area contributed by atoms with Crippen LogP contribution in [0.15, 0.2) is 42.0 Å². The highest BCUT2D eigenvalue weighted by molar-refractivity contribution is 7.09. The molecule has 1 amide bonds. The molecule has 0 spiro atoms. The van der Waals surface area contributed by atoms with Gasteiger partial charge in [-0.2, -0.15) is 0 Å². The minimum atomic E-state index is -0.374. The molecule has 1 aromatic heterocycles. The van der Waals surface area contributed by atoms with Crippen molar-refractivity contribution >= 4 is 17.4 Å². The zero-order chi connectivity index (χ0) is 14.2. The van der Waals surface area contributed by atoms with Crippen LogP contribution in [0.4, 0.5) is 4.79 Å². The number of carbonyl (C=O) groups excluding carboxylic acids is 1. The van der Waals surface area contributed by atoms with Gasteiger partial charge in [-0.1, -0.05) is 37.3 Å². The van der Waals surface area contributed by atoms with Gasteiger partial charge in [0, 0.05) is 12.2 Å². The summed E-state index contributed by atoms with van der Waals surface area (Å²) in [6, 6.07) is 10.2. The zero-order valence-corrected chi connectivity index (χ0v) is 12.2. The van der Waals surface area contributed by atoms with Gasteiger partial charge in [0.15, 0.2) is 0 Å². The molecule has 0 saturated heterocycles. The number of carbonyl (C=O) groups is 1. The fourth-order valence-electron chi connectivity index (χ4n) is 1.85. The summed E-state index contributed by atoms with van der Waals surface area (Å²) in [7, 11) is 0. The van der Waals surface area contributed by atoms with E-state index in [4.69, 9.17) is 4.74 Å². The lowest BCUT2D eigenvalue weighted by Gasteiger charge is -2.16. The predicted molar refractivity (Wildman–Crippen MR) is 79.7 cm³/mol. The second kappa shape index (κ2) is 7.65. The minimum Gasteiger partial charge on any atom is -0.444 e. The van der Waals surface area contributed by atoms with Gasteiger partial charge in [0.25, 0.3) is 0 Å². The molecule has 20 heavy (non-hydrogen) atoms. The fraction of sp³-hybridized carbons (Fsp3) is 0.333. The van der Waals surface area contributed by atoms with Crippen LogP contribution in [0, 0.1) is 0 Å². The molecule has 5 heteroatoms. The molecule has 0 fully saturated rings. The van der Waals surface area contributed by atoms with Crippen LogP contribution in [0.1, 0.15) is 23.8 Å². The van der Waals surface area contributed by atoms with Crippen molar-refractivity contribution in [2.24, 2.45) is 0 Å². The summed E-state index contributed by atoms with van der Waals surface area (Å²) in [5, 5.41) is 2.90. The lowest BCUT2D eigenvalue weighted by Crippen LogP contribution is -2.36. The van der Waals surface area contributed by atoms with E-state index in [-0.39, 0.29) is 18.7 Å². The molecule has 1 aromatic carbocycles. The van der Waals surface area contributed by atoms with Gasteiger partial charge in [-0.25, -0.2) is 4.79 Å². The zero-order valence-electron chi connectivity index (χ0n) is 11.4. The Kier molecular flexibility index (Phi) is 5.55. The number of hydrogen-bond donors (Lipinski definition) is 1. The number of hydrogen-bond acceptors (Lipinski definition) is 4. The minimum absolute atomic E-state index is 0.0892. The van der Waals surface area contributed by atoms with E-state index in [9.17, 15) is 4.79 Å². The normalized spacial score (nSPS) is 11.8. The third-order valence-electron chi connectivity index (χ3n) is 2.97. The quantitative estimate of drug-likeness (QED) is 0.887. The monoisotopic (exact) mass is 290 g/mol. The number of rotatable bonds is 6. The Hall–Kier alpha value is -1.88. The molecular formula is C15H18N2O2S. The Balaban J connectivity index is 1.79. The topological polar surface area (TPSA) is 51.2 Å². The van der Waals surface area contributed by atoms with Crippen LogP contribution in [-0.2, 0) is 17.8 Å². The van der Waals surface area contributed by atoms with E-state index >= 15 is 0 Å². The van der Waals surface area contributed by atoms with Gasteiger partial charge >= 0.3 is 6.09 Å². The standard InChI is InChI=1S/C15H18N2O2S/c1-2-13(8-12-6-4-3-5-7-12)17-15(18)19-10-14-9-16-11-20-14/h3-7,9,11,13H,2,8,10H2,1H3,(H,17,18). The van der Waals surface area contributed by atoms with Gasteiger partial charge in [0.1, 0.15) is 6.61 Å². The van der Waals surface area contributed by atoms with Crippen LogP contribution in [0.3, 0.4) is 0 Å². The number of aromatic nitrogens is 1. The Morgan fingerprint density at radius 3 is 2.85 bits per heavy atom. The Labute approximate surface area is 122 Å². The average Bonchev–Trinajstić information content (AvgIpc) is 2.99. The van der Waals surface area contributed by atoms with Gasteiger partial charge in [0.05, 0.1) is 10.4 Å². The van der Waals surface area contributed by atoms with Crippen molar-refractivity contribution in [3.8, 4) is 0 Å². The van der Waals surface area contributed by atoms with Crippen molar-refractivity contribution in [1.29, 1.82) is 0 Å². The van der Waals surface area contributed by atoms with Crippen LogP contribution in [-0.4, -0.2) is 17.1 Å². The highest BCUT2D eigenvalue weighted by Crippen LogP contribution is 2.08. The molecule has 4 nitrogen and oxygen atoms in total. The predicted octanol–water partition coefficient (Wildman–Crippen LogP) is 3.39. The van der Waals surface area contributed by atoms with Crippen molar-refractivity contribution in [3.63, 3.8) is 0 Å². The smallest absolute Gasteiger partial charge is 0.407 e. The molecule has 106 valence electrons. The summed E-state index contributed by atoms with van der Waals surface area (Å²) in [6.45, 7) is 2.33. The second-order valence-corrected chi connectivity index (χ2v) is 5.45. The summed E-state index contributed by atoms with van der Waals surface area (Å²) in [5.74, 6) is 0. The van der Waals surface area contributed by atoms with E-state index in [1.165, 1.54) is 16.9 Å². The van der Waals surface area contributed by atoms with E-state index < -0.39 is 0 Å². The molecule has 2 rings (SSSR count). The fourth-order valence-corrected chi connectivity index (χ4v) is 2.36. The average molecular weight is 290 g/mol. The maximum atomic E-state index is 11.7. The highest BCUT2D eigenvalue weighted by atomic mass is 32.1. The molecule has 0 aliphatic rings. The molecule has 1 heterocycles. The van der Waals surface area contributed by atoms with Crippen molar-refractivity contribution in [2.75, 3.05) is 0 Å². The van der Waals surface area contributed by atoms with E-state index in [2.05, 4.69) is 29.4 Å². The van der Waals surface area contributed by atoms with Gasteiger partial charge in [0.2, 0.25) is 0 Å². The van der Waals surface area contributed by atoms with Crippen molar-refractivity contribution < 1.29 is 9.53 Å².